The maximum Gasteiger partial charge on any atom is 0.253 e. The molecule has 1 rings (SSSR count). The number of ether oxygens (including phenoxy) is 2. The van der Waals surface area contributed by atoms with Crippen molar-refractivity contribution >= 4 is 17.3 Å². The topological polar surface area (TPSA) is 73.6 Å². The van der Waals surface area contributed by atoms with Gasteiger partial charge < -0.3 is 20.5 Å². The summed E-state index contributed by atoms with van der Waals surface area (Å²) in [6.07, 6.45) is -0.691. The van der Waals surface area contributed by atoms with Crippen molar-refractivity contribution < 1.29 is 14.3 Å². The average Bonchev–Trinajstić information content (AvgIpc) is 2.38. The molecule has 0 saturated carbocycles. The first-order chi connectivity index (χ1) is 9.04. The summed E-state index contributed by atoms with van der Waals surface area (Å²) in [5, 5.41) is 2.74. The van der Waals surface area contributed by atoms with Crippen LogP contribution in [0.25, 0.3) is 0 Å². The van der Waals surface area contributed by atoms with Crippen LogP contribution in [-0.2, 0) is 14.3 Å². The van der Waals surface area contributed by atoms with Gasteiger partial charge >= 0.3 is 0 Å². The average molecular weight is 266 g/mol. The molecule has 2 atom stereocenters. The number of amides is 1. The van der Waals surface area contributed by atoms with Gasteiger partial charge in [-0.25, -0.2) is 0 Å². The van der Waals surface area contributed by atoms with Gasteiger partial charge in [-0.05, 0) is 32.9 Å². The molecule has 106 valence electrons. The fourth-order valence-corrected chi connectivity index (χ4v) is 1.58. The number of carbonyl (C=O) groups is 1. The molecule has 0 aliphatic rings. The van der Waals surface area contributed by atoms with Crippen LogP contribution in [0.1, 0.15) is 20.8 Å². The lowest BCUT2D eigenvalue weighted by atomic mass is 10.2. The second kappa shape index (κ2) is 7.76. The van der Waals surface area contributed by atoms with E-state index >= 15 is 0 Å². The fourth-order valence-electron chi connectivity index (χ4n) is 1.58. The molecule has 1 aromatic rings. The Labute approximate surface area is 114 Å². The summed E-state index contributed by atoms with van der Waals surface area (Å²) >= 11 is 0. The molecule has 0 aliphatic heterocycles. The van der Waals surface area contributed by atoms with E-state index in [0.29, 0.717) is 24.6 Å². The second-order valence-electron chi connectivity index (χ2n) is 4.32. The highest BCUT2D eigenvalue weighted by Gasteiger charge is 2.17. The third kappa shape index (κ3) is 5.28. The molecule has 0 aromatic heterocycles. The molecule has 5 nitrogen and oxygen atoms in total. The molecule has 0 saturated heterocycles. The van der Waals surface area contributed by atoms with E-state index in [2.05, 4.69) is 5.32 Å². The van der Waals surface area contributed by atoms with Gasteiger partial charge in [-0.15, -0.1) is 0 Å². The molecule has 0 bridgehead atoms. The van der Waals surface area contributed by atoms with Crippen molar-refractivity contribution in [2.75, 3.05) is 24.3 Å². The van der Waals surface area contributed by atoms with Gasteiger partial charge in [-0.3, -0.25) is 4.79 Å². The van der Waals surface area contributed by atoms with Crippen LogP contribution in [0.5, 0.6) is 0 Å². The molecular weight excluding hydrogens is 244 g/mol. The van der Waals surface area contributed by atoms with Gasteiger partial charge in [0.05, 0.1) is 24.1 Å². The summed E-state index contributed by atoms with van der Waals surface area (Å²) in [5.74, 6) is -0.221. The number of anilines is 2. The van der Waals surface area contributed by atoms with Crippen molar-refractivity contribution in [3.05, 3.63) is 24.3 Å². The molecular formula is C14H22N2O3. The Morgan fingerprint density at radius 1 is 1.37 bits per heavy atom. The Morgan fingerprint density at radius 2 is 2.05 bits per heavy atom. The zero-order chi connectivity index (χ0) is 14.3. The summed E-state index contributed by atoms with van der Waals surface area (Å²) in [4.78, 5) is 11.9. The van der Waals surface area contributed by atoms with E-state index < -0.39 is 6.10 Å². The molecule has 5 heteroatoms. The Balaban J connectivity index is 2.47. The van der Waals surface area contributed by atoms with Crippen LogP contribution in [-0.4, -0.2) is 31.3 Å². The van der Waals surface area contributed by atoms with Crippen molar-refractivity contribution in [2.45, 2.75) is 33.0 Å². The lowest BCUT2D eigenvalue weighted by Gasteiger charge is -2.19. The van der Waals surface area contributed by atoms with Crippen molar-refractivity contribution in [3.63, 3.8) is 0 Å². The highest BCUT2D eigenvalue weighted by molar-refractivity contribution is 5.96. The van der Waals surface area contributed by atoms with Crippen LogP contribution >= 0.6 is 0 Å². The quantitative estimate of drug-likeness (QED) is 0.741. The molecule has 2 unspecified atom stereocenters. The minimum absolute atomic E-state index is 0.131. The van der Waals surface area contributed by atoms with Crippen LogP contribution in [0.4, 0.5) is 11.4 Å². The molecule has 0 aliphatic carbocycles. The SMILES string of the molecule is CCOCC(C)OC(C)C(=O)Nc1ccccc1N. The van der Waals surface area contributed by atoms with Crippen LogP contribution in [0.15, 0.2) is 24.3 Å². The first-order valence-corrected chi connectivity index (χ1v) is 6.43. The minimum atomic E-state index is -0.560. The third-order valence-electron chi connectivity index (χ3n) is 2.58. The Bertz CT molecular complexity index is 409. The van der Waals surface area contributed by atoms with Crippen LogP contribution in [0.3, 0.4) is 0 Å². The number of rotatable bonds is 7. The summed E-state index contributed by atoms with van der Waals surface area (Å²) in [7, 11) is 0. The molecule has 0 heterocycles. The molecule has 1 amide bonds. The predicted octanol–water partition coefficient (Wildman–Crippen LogP) is 2.04. The van der Waals surface area contributed by atoms with E-state index in [1.165, 1.54) is 0 Å². The maximum absolute atomic E-state index is 11.9. The summed E-state index contributed by atoms with van der Waals surface area (Å²) in [6.45, 7) is 6.60. The largest absolute Gasteiger partial charge is 0.397 e. The van der Waals surface area contributed by atoms with E-state index in [-0.39, 0.29) is 12.0 Å². The van der Waals surface area contributed by atoms with E-state index in [0.717, 1.165) is 0 Å². The van der Waals surface area contributed by atoms with Gasteiger partial charge in [0.25, 0.3) is 5.91 Å². The first-order valence-electron chi connectivity index (χ1n) is 6.43. The van der Waals surface area contributed by atoms with Crippen LogP contribution in [0, 0.1) is 0 Å². The predicted molar refractivity (Wildman–Crippen MR) is 76.0 cm³/mol. The van der Waals surface area contributed by atoms with Gasteiger partial charge in [0, 0.05) is 6.61 Å². The van der Waals surface area contributed by atoms with Gasteiger partial charge in [0.2, 0.25) is 0 Å². The number of hydrogen-bond donors (Lipinski definition) is 2. The smallest absolute Gasteiger partial charge is 0.253 e. The highest BCUT2D eigenvalue weighted by atomic mass is 16.5. The molecule has 3 N–H and O–H groups in total. The second-order valence-corrected chi connectivity index (χ2v) is 4.32. The zero-order valence-electron chi connectivity index (χ0n) is 11.7. The summed E-state index contributed by atoms with van der Waals surface area (Å²) in [6, 6.07) is 7.12. The van der Waals surface area contributed by atoms with E-state index in [9.17, 15) is 4.79 Å². The molecule has 0 radical (unpaired) electrons. The monoisotopic (exact) mass is 266 g/mol. The standard InChI is InChI=1S/C14H22N2O3/c1-4-18-9-10(2)19-11(3)14(17)16-13-8-6-5-7-12(13)15/h5-8,10-11H,4,9,15H2,1-3H3,(H,16,17). The lowest BCUT2D eigenvalue weighted by molar-refractivity contribution is -0.131. The Kier molecular flexibility index (Phi) is 6.32. The molecule has 0 spiro atoms. The lowest BCUT2D eigenvalue weighted by Crippen LogP contribution is -2.32. The number of nitrogens with two attached hydrogens (primary N) is 1. The summed E-state index contributed by atoms with van der Waals surface area (Å²) < 4.78 is 10.8. The molecule has 19 heavy (non-hydrogen) atoms. The fraction of sp³-hybridized carbons (Fsp3) is 0.500. The number of benzene rings is 1. The van der Waals surface area contributed by atoms with E-state index in [4.69, 9.17) is 15.2 Å². The number of hydrogen-bond acceptors (Lipinski definition) is 4. The summed E-state index contributed by atoms with van der Waals surface area (Å²) in [5.41, 5.74) is 6.89. The van der Waals surface area contributed by atoms with Gasteiger partial charge in [0.1, 0.15) is 6.10 Å². The van der Waals surface area contributed by atoms with Gasteiger partial charge in [0.15, 0.2) is 0 Å². The number of para-hydroxylation sites is 2. The van der Waals surface area contributed by atoms with Crippen molar-refractivity contribution in [1.29, 1.82) is 0 Å². The minimum Gasteiger partial charge on any atom is -0.397 e. The zero-order valence-corrected chi connectivity index (χ0v) is 11.7. The Hall–Kier alpha value is -1.59. The molecule has 0 fully saturated rings. The molecule has 1 aromatic carbocycles. The Morgan fingerprint density at radius 3 is 2.68 bits per heavy atom. The third-order valence-corrected chi connectivity index (χ3v) is 2.58. The van der Waals surface area contributed by atoms with Crippen LogP contribution in [0.2, 0.25) is 0 Å². The number of carbonyl (C=O) groups excluding carboxylic acids is 1. The van der Waals surface area contributed by atoms with Crippen molar-refractivity contribution in [2.24, 2.45) is 0 Å². The normalized spacial score (nSPS) is 13.8. The number of nitrogens with one attached hydrogen (secondary N) is 1. The van der Waals surface area contributed by atoms with Gasteiger partial charge in [-0.1, -0.05) is 12.1 Å². The maximum atomic E-state index is 11.9. The van der Waals surface area contributed by atoms with Crippen molar-refractivity contribution in [1.82, 2.24) is 0 Å². The first kappa shape index (κ1) is 15.5. The number of nitrogen functional groups attached to an aromatic ring is 1. The van der Waals surface area contributed by atoms with E-state index in [1.54, 1.807) is 19.1 Å². The highest BCUT2D eigenvalue weighted by Crippen LogP contribution is 2.17. The van der Waals surface area contributed by atoms with Crippen molar-refractivity contribution in [3.8, 4) is 0 Å². The van der Waals surface area contributed by atoms with Crippen LogP contribution < -0.4 is 11.1 Å². The van der Waals surface area contributed by atoms with E-state index in [1.807, 2.05) is 26.0 Å². The van der Waals surface area contributed by atoms with Gasteiger partial charge in [-0.2, -0.15) is 0 Å².